The molecule has 0 atom stereocenters. The van der Waals surface area contributed by atoms with Crippen molar-refractivity contribution in [3.8, 4) is 11.5 Å². The number of hydrogen-bond acceptors (Lipinski definition) is 2. The monoisotopic (exact) mass is 187 g/mol. The predicted octanol–water partition coefficient (Wildman–Crippen LogP) is 2.66. The van der Waals surface area contributed by atoms with Crippen LogP contribution in [0.15, 0.2) is 30.3 Å². The van der Waals surface area contributed by atoms with Gasteiger partial charge in [0, 0.05) is 5.39 Å². The van der Waals surface area contributed by atoms with Crippen LogP contribution >= 0.6 is 0 Å². The van der Waals surface area contributed by atoms with Crippen molar-refractivity contribution < 1.29 is 9.47 Å². The summed E-state index contributed by atoms with van der Waals surface area (Å²) in [5.41, 5.74) is 0. The largest absolute Gasteiger partial charge is 0.497 e. The topological polar surface area (TPSA) is 18.5 Å². The molecule has 0 bridgehead atoms. The SMILES string of the molecule is COc1c[c]c2cccc(OC)c2c1. The number of fused-ring (bicyclic) bond motifs is 1. The second-order valence-electron chi connectivity index (χ2n) is 2.96. The lowest BCUT2D eigenvalue weighted by molar-refractivity contribution is 0.412. The van der Waals surface area contributed by atoms with Gasteiger partial charge in [-0.2, -0.15) is 0 Å². The van der Waals surface area contributed by atoms with Gasteiger partial charge in [0.1, 0.15) is 11.5 Å². The van der Waals surface area contributed by atoms with Gasteiger partial charge in [0.15, 0.2) is 0 Å². The fourth-order valence-corrected chi connectivity index (χ4v) is 1.45. The van der Waals surface area contributed by atoms with Crippen molar-refractivity contribution in [1.29, 1.82) is 0 Å². The Morgan fingerprint density at radius 3 is 2.71 bits per heavy atom. The van der Waals surface area contributed by atoms with Crippen molar-refractivity contribution in [2.75, 3.05) is 14.2 Å². The molecule has 0 saturated heterocycles. The van der Waals surface area contributed by atoms with Crippen LogP contribution in [0.4, 0.5) is 0 Å². The van der Waals surface area contributed by atoms with Crippen LogP contribution in [-0.4, -0.2) is 14.2 Å². The summed E-state index contributed by atoms with van der Waals surface area (Å²) in [6.07, 6.45) is 0. The molecule has 2 heteroatoms. The number of benzene rings is 2. The highest BCUT2D eigenvalue weighted by molar-refractivity contribution is 5.89. The van der Waals surface area contributed by atoms with E-state index >= 15 is 0 Å². The van der Waals surface area contributed by atoms with Gasteiger partial charge in [0.2, 0.25) is 0 Å². The van der Waals surface area contributed by atoms with Gasteiger partial charge < -0.3 is 9.47 Å². The maximum Gasteiger partial charge on any atom is 0.126 e. The summed E-state index contributed by atoms with van der Waals surface area (Å²) in [6.45, 7) is 0. The Kier molecular flexibility index (Phi) is 2.27. The fraction of sp³-hybridized carbons (Fsp3) is 0.167. The average molecular weight is 187 g/mol. The summed E-state index contributed by atoms with van der Waals surface area (Å²) >= 11 is 0. The van der Waals surface area contributed by atoms with Crippen molar-refractivity contribution in [2.24, 2.45) is 0 Å². The standard InChI is InChI=1S/C12H11O2/c1-13-10-7-6-9-4-3-5-12(14-2)11(9)8-10/h3-5,7-8H,1-2H3. The Hall–Kier alpha value is -1.70. The molecule has 0 unspecified atom stereocenters. The van der Waals surface area contributed by atoms with E-state index in [1.54, 1.807) is 14.2 Å². The highest BCUT2D eigenvalue weighted by atomic mass is 16.5. The molecule has 0 spiro atoms. The molecule has 0 aliphatic heterocycles. The molecule has 0 aromatic heterocycles. The minimum absolute atomic E-state index is 0.794. The molecular weight excluding hydrogens is 176 g/mol. The second kappa shape index (κ2) is 3.58. The molecule has 2 nitrogen and oxygen atoms in total. The average Bonchev–Trinajstić information content (AvgIpc) is 2.27. The highest BCUT2D eigenvalue weighted by Gasteiger charge is 2.01. The van der Waals surface area contributed by atoms with E-state index in [1.807, 2.05) is 30.3 Å². The number of methoxy groups -OCH3 is 2. The van der Waals surface area contributed by atoms with Gasteiger partial charge in [-0.15, -0.1) is 0 Å². The first-order chi connectivity index (χ1) is 6.85. The number of hydrogen-bond donors (Lipinski definition) is 0. The third kappa shape index (κ3) is 1.39. The van der Waals surface area contributed by atoms with Crippen LogP contribution in [0.25, 0.3) is 10.8 Å². The van der Waals surface area contributed by atoms with Crippen molar-refractivity contribution in [3.63, 3.8) is 0 Å². The maximum atomic E-state index is 5.25. The molecule has 0 N–H and O–H groups in total. The Morgan fingerprint density at radius 2 is 2.00 bits per heavy atom. The number of rotatable bonds is 2. The normalized spacial score (nSPS) is 10.1. The molecule has 2 aromatic rings. The Morgan fingerprint density at radius 1 is 1.14 bits per heavy atom. The molecule has 0 saturated carbocycles. The third-order valence-corrected chi connectivity index (χ3v) is 2.18. The summed E-state index contributed by atoms with van der Waals surface area (Å²) in [5, 5.41) is 2.06. The zero-order valence-corrected chi connectivity index (χ0v) is 8.20. The van der Waals surface area contributed by atoms with Gasteiger partial charge in [-0.25, -0.2) is 0 Å². The summed E-state index contributed by atoms with van der Waals surface area (Å²) in [6, 6.07) is 12.8. The summed E-state index contributed by atoms with van der Waals surface area (Å²) in [7, 11) is 3.30. The van der Waals surface area contributed by atoms with Crippen molar-refractivity contribution >= 4 is 10.8 Å². The van der Waals surface area contributed by atoms with Crippen molar-refractivity contribution in [2.45, 2.75) is 0 Å². The second-order valence-corrected chi connectivity index (χ2v) is 2.96. The van der Waals surface area contributed by atoms with E-state index < -0.39 is 0 Å². The van der Waals surface area contributed by atoms with Crippen LogP contribution in [0.5, 0.6) is 11.5 Å². The lowest BCUT2D eigenvalue weighted by atomic mass is 10.1. The van der Waals surface area contributed by atoms with Crippen LogP contribution in [-0.2, 0) is 0 Å². The van der Waals surface area contributed by atoms with E-state index in [1.165, 1.54) is 0 Å². The lowest BCUT2D eigenvalue weighted by Gasteiger charge is -2.06. The van der Waals surface area contributed by atoms with E-state index in [4.69, 9.17) is 9.47 Å². The summed E-state index contributed by atoms with van der Waals surface area (Å²) in [5.74, 6) is 1.64. The lowest BCUT2D eigenvalue weighted by Crippen LogP contribution is -1.86. The van der Waals surface area contributed by atoms with Crippen molar-refractivity contribution in [3.05, 3.63) is 36.4 Å². The molecule has 2 aromatic carbocycles. The van der Waals surface area contributed by atoms with Gasteiger partial charge in [-0.05, 0) is 29.7 Å². The highest BCUT2D eigenvalue weighted by Crippen LogP contribution is 2.28. The van der Waals surface area contributed by atoms with Gasteiger partial charge in [-0.3, -0.25) is 0 Å². The van der Waals surface area contributed by atoms with Crippen LogP contribution in [0, 0.1) is 6.07 Å². The smallest absolute Gasteiger partial charge is 0.126 e. The van der Waals surface area contributed by atoms with Crippen LogP contribution in [0.2, 0.25) is 0 Å². The van der Waals surface area contributed by atoms with E-state index in [2.05, 4.69) is 6.07 Å². The van der Waals surface area contributed by atoms with Crippen molar-refractivity contribution in [1.82, 2.24) is 0 Å². The molecule has 71 valence electrons. The first-order valence-corrected chi connectivity index (χ1v) is 4.37. The number of ether oxygens (including phenoxy) is 2. The van der Waals surface area contributed by atoms with Gasteiger partial charge >= 0.3 is 0 Å². The molecule has 2 rings (SSSR count). The molecule has 0 aliphatic rings. The fourth-order valence-electron chi connectivity index (χ4n) is 1.45. The first-order valence-electron chi connectivity index (χ1n) is 4.37. The van der Waals surface area contributed by atoms with Gasteiger partial charge in [0.05, 0.1) is 14.2 Å². The van der Waals surface area contributed by atoms with Crippen LogP contribution < -0.4 is 9.47 Å². The zero-order chi connectivity index (χ0) is 9.97. The summed E-state index contributed by atoms with van der Waals surface area (Å²) in [4.78, 5) is 0. The Bertz CT molecular complexity index is 449. The molecule has 0 amide bonds. The molecule has 1 radical (unpaired) electrons. The summed E-state index contributed by atoms with van der Waals surface area (Å²) < 4.78 is 10.4. The Balaban J connectivity index is 2.70. The minimum atomic E-state index is 0.794. The van der Waals surface area contributed by atoms with Gasteiger partial charge in [-0.1, -0.05) is 12.1 Å². The molecule has 0 heterocycles. The quantitative estimate of drug-likeness (QED) is 0.719. The van der Waals surface area contributed by atoms with Crippen LogP contribution in [0.3, 0.4) is 0 Å². The minimum Gasteiger partial charge on any atom is -0.497 e. The van der Waals surface area contributed by atoms with E-state index in [0.717, 1.165) is 22.3 Å². The molecule has 14 heavy (non-hydrogen) atoms. The van der Waals surface area contributed by atoms with Crippen LogP contribution in [0.1, 0.15) is 0 Å². The van der Waals surface area contributed by atoms with E-state index in [-0.39, 0.29) is 0 Å². The molecular formula is C12H11O2. The molecule has 0 aliphatic carbocycles. The third-order valence-electron chi connectivity index (χ3n) is 2.18. The zero-order valence-electron chi connectivity index (χ0n) is 8.20. The van der Waals surface area contributed by atoms with E-state index in [9.17, 15) is 0 Å². The predicted molar refractivity (Wildman–Crippen MR) is 55.9 cm³/mol. The van der Waals surface area contributed by atoms with Gasteiger partial charge in [0.25, 0.3) is 0 Å². The maximum absolute atomic E-state index is 5.25. The first kappa shape index (κ1) is 8.88. The molecule has 0 fully saturated rings. The Labute approximate surface area is 83.1 Å². The van der Waals surface area contributed by atoms with E-state index in [0.29, 0.717) is 0 Å².